The van der Waals surface area contributed by atoms with Crippen LogP contribution in [0, 0.1) is 11.8 Å². The minimum absolute atomic E-state index is 0.584. The molecule has 0 rings (SSSR count). The molecule has 1 nitrogen and oxygen atoms in total. The largest absolute Gasteiger partial charge is 0.296 e. The van der Waals surface area contributed by atoms with Crippen LogP contribution in [0.3, 0.4) is 0 Å². The molecular weight excluding hydrogens is 134 g/mol. The van der Waals surface area contributed by atoms with E-state index in [0.29, 0.717) is 11.8 Å². The molecule has 0 amide bonds. The van der Waals surface area contributed by atoms with Crippen molar-refractivity contribution in [2.24, 2.45) is 16.8 Å². The lowest BCUT2D eigenvalue weighted by Gasteiger charge is -2.06. The maximum atomic E-state index is 4.02. The van der Waals surface area contributed by atoms with Gasteiger partial charge in [0.1, 0.15) is 0 Å². The van der Waals surface area contributed by atoms with E-state index >= 15 is 0 Å². The summed E-state index contributed by atoms with van der Waals surface area (Å²) in [5.74, 6) is 1.20. The summed E-state index contributed by atoms with van der Waals surface area (Å²) >= 11 is 0. The van der Waals surface area contributed by atoms with E-state index in [9.17, 15) is 0 Å². The predicted octanol–water partition coefficient (Wildman–Crippen LogP) is 2.93. The molecule has 11 heavy (non-hydrogen) atoms. The van der Waals surface area contributed by atoms with Crippen LogP contribution < -0.4 is 0 Å². The molecule has 0 N–H and O–H groups in total. The van der Waals surface area contributed by atoms with Crippen molar-refractivity contribution in [3.63, 3.8) is 0 Å². The van der Waals surface area contributed by atoms with Gasteiger partial charge in [-0.2, -0.15) is 0 Å². The second-order valence-electron chi connectivity index (χ2n) is 3.45. The maximum absolute atomic E-state index is 4.02. The molecule has 0 spiro atoms. The van der Waals surface area contributed by atoms with Crippen molar-refractivity contribution in [3.8, 4) is 0 Å². The second-order valence-corrected chi connectivity index (χ2v) is 3.45. The minimum atomic E-state index is 0.584. The van der Waals surface area contributed by atoms with Gasteiger partial charge in [-0.15, -0.1) is 0 Å². The van der Waals surface area contributed by atoms with Gasteiger partial charge in [0.25, 0.3) is 0 Å². The van der Waals surface area contributed by atoms with Gasteiger partial charge in [-0.1, -0.05) is 33.8 Å². The molecular formula is C10H19N. The van der Waals surface area contributed by atoms with E-state index in [0.717, 1.165) is 0 Å². The van der Waals surface area contributed by atoms with Crippen molar-refractivity contribution in [1.82, 2.24) is 0 Å². The lowest BCUT2D eigenvalue weighted by atomic mass is 10.0. The Kier molecular flexibility index (Phi) is 4.84. The van der Waals surface area contributed by atoms with Gasteiger partial charge in [-0.25, -0.2) is 0 Å². The molecule has 0 bridgehead atoms. The topological polar surface area (TPSA) is 12.4 Å². The SMILES string of the molecule is CN=C/C(=C\C(C)C)C(C)C. The standard InChI is InChI=1S/C10H19N/c1-8(2)6-10(7-11-5)9(3)4/h6-9H,1-5H3/b10-6+,11-7?. The van der Waals surface area contributed by atoms with Crippen molar-refractivity contribution < 1.29 is 0 Å². The molecule has 0 atom stereocenters. The average molecular weight is 153 g/mol. The molecule has 0 unspecified atom stereocenters. The molecule has 0 aromatic rings. The molecule has 1 heteroatoms. The molecule has 0 aliphatic rings. The van der Waals surface area contributed by atoms with E-state index in [4.69, 9.17) is 0 Å². The van der Waals surface area contributed by atoms with E-state index in [1.54, 1.807) is 0 Å². The molecule has 0 aromatic heterocycles. The summed E-state index contributed by atoms with van der Waals surface area (Å²) < 4.78 is 0. The first-order valence-corrected chi connectivity index (χ1v) is 4.21. The fourth-order valence-electron chi connectivity index (χ4n) is 0.919. The third-order valence-electron chi connectivity index (χ3n) is 1.47. The number of hydrogen-bond acceptors (Lipinski definition) is 1. The van der Waals surface area contributed by atoms with Crippen molar-refractivity contribution in [2.45, 2.75) is 27.7 Å². The normalized spacial score (nSPS) is 13.9. The van der Waals surface area contributed by atoms with Crippen LogP contribution in [0.2, 0.25) is 0 Å². The zero-order valence-electron chi connectivity index (χ0n) is 8.26. The number of allylic oxidation sites excluding steroid dienone is 2. The van der Waals surface area contributed by atoms with Gasteiger partial charge < -0.3 is 0 Å². The number of hydrogen-bond donors (Lipinski definition) is 0. The lowest BCUT2D eigenvalue weighted by Crippen LogP contribution is -1.97. The van der Waals surface area contributed by atoms with Gasteiger partial charge in [0.05, 0.1) is 0 Å². The van der Waals surface area contributed by atoms with Gasteiger partial charge in [0.15, 0.2) is 0 Å². The number of nitrogens with zero attached hydrogens (tertiary/aromatic N) is 1. The van der Waals surface area contributed by atoms with Crippen LogP contribution in [-0.4, -0.2) is 13.3 Å². The fourth-order valence-corrected chi connectivity index (χ4v) is 0.919. The Bertz CT molecular complexity index is 152. The van der Waals surface area contributed by atoms with Crippen molar-refractivity contribution >= 4 is 6.21 Å². The monoisotopic (exact) mass is 153 g/mol. The first-order chi connectivity index (χ1) is 5.07. The van der Waals surface area contributed by atoms with E-state index in [1.165, 1.54) is 5.57 Å². The Morgan fingerprint density at radius 2 is 1.73 bits per heavy atom. The fraction of sp³-hybridized carbons (Fsp3) is 0.700. The summed E-state index contributed by atoms with van der Waals surface area (Å²) in [7, 11) is 1.82. The third-order valence-corrected chi connectivity index (χ3v) is 1.47. The van der Waals surface area contributed by atoms with E-state index < -0.39 is 0 Å². The summed E-state index contributed by atoms with van der Waals surface area (Å²) in [5.41, 5.74) is 1.34. The second kappa shape index (κ2) is 5.11. The molecule has 64 valence electrons. The zero-order chi connectivity index (χ0) is 8.85. The van der Waals surface area contributed by atoms with Crippen LogP contribution in [0.4, 0.5) is 0 Å². The molecule has 0 radical (unpaired) electrons. The van der Waals surface area contributed by atoms with Gasteiger partial charge in [-0.05, 0) is 17.4 Å². The van der Waals surface area contributed by atoms with Gasteiger partial charge in [-0.3, -0.25) is 4.99 Å². The molecule has 0 saturated carbocycles. The van der Waals surface area contributed by atoms with Gasteiger partial charge >= 0.3 is 0 Å². The molecule has 0 heterocycles. The summed E-state index contributed by atoms with van der Waals surface area (Å²) in [6.45, 7) is 8.75. The van der Waals surface area contributed by atoms with Crippen molar-refractivity contribution in [3.05, 3.63) is 11.6 Å². The van der Waals surface area contributed by atoms with E-state index in [-0.39, 0.29) is 0 Å². The van der Waals surface area contributed by atoms with Gasteiger partial charge in [0, 0.05) is 13.3 Å². The first-order valence-electron chi connectivity index (χ1n) is 4.21. The smallest absolute Gasteiger partial charge is 0.0277 e. The Morgan fingerprint density at radius 1 is 1.18 bits per heavy atom. The van der Waals surface area contributed by atoms with Crippen molar-refractivity contribution in [1.29, 1.82) is 0 Å². The van der Waals surface area contributed by atoms with Crippen molar-refractivity contribution in [2.75, 3.05) is 7.05 Å². The van der Waals surface area contributed by atoms with Crippen LogP contribution in [0.25, 0.3) is 0 Å². The Balaban J connectivity index is 4.33. The Morgan fingerprint density at radius 3 is 2.00 bits per heavy atom. The maximum Gasteiger partial charge on any atom is 0.0277 e. The molecule has 0 aliphatic heterocycles. The van der Waals surface area contributed by atoms with E-state index in [2.05, 4.69) is 38.8 Å². The Labute approximate surface area is 70.2 Å². The highest BCUT2D eigenvalue weighted by Crippen LogP contribution is 2.10. The summed E-state index contributed by atoms with van der Waals surface area (Å²) in [6, 6.07) is 0. The van der Waals surface area contributed by atoms with Crippen LogP contribution in [0.15, 0.2) is 16.6 Å². The third kappa shape index (κ3) is 4.77. The van der Waals surface area contributed by atoms with Crippen LogP contribution in [0.1, 0.15) is 27.7 Å². The van der Waals surface area contributed by atoms with Crippen LogP contribution in [0.5, 0.6) is 0 Å². The average Bonchev–Trinajstić information content (AvgIpc) is 1.86. The predicted molar refractivity (Wildman–Crippen MR) is 52.2 cm³/mol. The summed E-state index contributed by atoms with van der Waals surface area (Å²) in [5, 5.41) is 0. The van der Waals surface area contributed by atoms with Crippen LogP contribution in [-0.2, 0) is 0 Å². The molecule has 0 aliphatic carbocycles. The highest BCUT2D eigenvalue weighted by atomic mass is 14.6. The highest BCUT2D eigenvalue weighted by molar-refractivity contribution is 5.78. The molecule has 0 fully saturated rings. The lowest BCUT2D eigenvalue weighted by molar-refractivity contribution is 0.761. The number of aliphatic imine (C=N–C) groups is 1. The van der Waals surface area contributed by atoms with Gasteiger partial charge in [0.2, 0.25) is 0 Å². The highest BCUT2D eigenvalue weighted by Gasteiger charge is 1.99. The molecule has 0 aromatic carbocycles. The Hall–Kier alpha value is -0.590. The summed E-state index contributed by atoms with van der Waals surface area (Å²) in [4.78, 5) is 4.02. The quantitative estimate of drug-likeness (QED) is 0.553. The number of rotatable bonds is 3. The van der Waals surface area contributed by atoms with E-state index in [1.807, 2.05) is 13.3 Å². The summed E-state index contributed by atoms with van der Waals surface area (Å²) in [6.07, 6.45) is 4.21. The molecule has 0 saturated heterocycles. The zero-order valence-corrected chi connectivity index (χ0v) is 8.26. The first kappa shape index (κ1) is 10.4. The van der Waals surface area contributed by atoms with Crippen LogP contribution >= 0.6 is 0 Å². The minimum Gasteiger partial charge on any atom is -0.296 e.